The zero-order valence-corrected chi connectivity index (χ0v) is 11.9. The van der Waals surface area contributed by atoms with Gasteiger partial charge in [0, 0.05) is 35.5 Å². The second-order valence-electron chi connectivity index (χ2n) is 3.76. The Labute approximate surface area is 113 Å². The normalized spacial score (nSPS) is 13.3. The smallest absolute Gasteiger partial charge is 0.305 e. The van der Waals surface area contributed by atoms with Crippen molar-refractivity contribution < 1.29 is 22.5 Å². The number of aliphatic carboxylic acids is 1. The van der Waals surface area contributed by atoms with Gasteiger partial charge in [-0.15, -0.1) is 0 Å². The maximum atomic E-state index is 11.8. The van der Waals surface area contributed by atoms with Crippen LogP contribution in [0.3, 0.4) is 0 Å². The fourth-order valence-electron chi connectivity index (χ4n) is 1.22. The van der Waals surface area contributed by atoms with Crippen LogP contribution in [0.4, 0.5) is 0 Å². The topological polar surface area (TPSA) is 118 Å². The van der Waals surface area contributed by atoms with Crippen LogP contribution < -0.4 is 4.72 Å². The van der Waals surface area contributed by atoms with Gasteiger partial charge >= 0.3 is 5.97 Å². The summed E-state index contributed by atoms with van der Waals surface area (Å²) in [6.45, 7) is 0.176. The Bertz CT molecular complexity index is 566. The van der Waals surface area contributed by atoms with Crippen molar-refractivity contribution in [3.63, 3.8) is 0 Å². The maximum Gasteiger partial charge on any atom is 0.305 e. The van der Waals surface area contributed by atoms with Crippen molar-refractivity contribution in [1.82, 2.24) is 14.5 Å². The number of hydrogen-bond donors (Lipinski definition) is 2. The molecule has 0 fully saturated rings. The largest absolute Gasteiger partial charge is 0.481 e. The molecule has 0 amide bonds. The van der Waals surface area contributed by atoms with Gasteiger partial charge in [-0.05, 0) is 0 Å². The minimum Gasteiger partial charge on any atom is -0.481 e. The molecule has 1 heterocycles. The quantitative estimate of drug-likeness (QED) is 0.637. The molecular weight excluding hydrogens is 294 g/mol. The highest BCUT2D eigenvalue weighted by Gasteiger charge is 2.16. The van der Waals surface area contributed by atoms with E-state index in [1.54, 1.807) is 0 Å². The standard InChI is InChI=1S/C9H15N3O5S2/c1-18(15)5-3-11-19(16,17)8-6-10-12(7-8)4-2-9(13)14/h6-7,11H,2-5H2,1H3,(H,13,14). The van der Waals surface area contributed by atoms with Gasteiger partial charge in [-0.25, -0.2) is 13.1 Å². The molecule has 0 spiro atoms. The Kier molecular flexibility index (Phi) is 5.63. The van der Waals surface area contributed by atoms with E-state index in [1.807, 2.05) is 0 Å². The third-order valence-electron chi connectivity index (χ3n) is 2.16. The first-order chi connectivity index (χ1) is 8.81. The van der Waals surface area contributed by atoms with Crippen molar-refractivity contribution in [2.75, 3.05) is 18.6 Å². The van der Waals surface area contributed by atoms with Gasteiger partial charge in [-0.3, -0.25) is 13.7 Å². The Morgan fingerprint density at radius 3 is 2.84 bits per heavy atom. The molecule has 1 rings (SSSR count). The molecule has 0 aromatic carbocycles. The van der Waals surface area contributed by atoms with Gasteiger partial charge in [0.25, 0.3) is 0 Å². The lowest BCUT2D eigenvalue weighted by Gasteiger charge is -2.02. The van der Waals surface area contributed by atoms with Crippen molar-refractivity contribution in [1.29, 1.82) is 0 Å². The molecule has 1 aromatic heterocycles. The van der Waals surface area contributed by atoms with Crippen LogP contribution in [0, 0.1) is 0 Å². The van der Waals surface area contributed by atoms with Gasteiger partial charge in [0.1, 0.15) is 4.90 Å². The first kappa shape index (κ1) is 15.8. The van der Waals surface area contributed by atoms with E-state index in [0.29, 0.717) is 0 Å². The van der Waals surface area contributed by atoms with E-state index in [9.17, 15) is 17.4 Å². The fourth-order valence-corrected chi connectivity index (χ4v) is 2.72. The van der Waals surface area contributed by atoms with Crippen molar-refractivity contribution >= 4 is 26.8 Å². The first-order valence-electron chi connectivity index (χ1n) is 5.35. The molecule has 0 aliphatic heterocycles. The van der Waals surface area contributed by atoms with Crippen LogP contribution in [-0.2, 0) is 32.2 Å². The Morgan fingerprint density at radius 1 is 1.58 bits per heavy atom. The molecule has 108 valence electrons. The molecular formula is C9H15N3O5S2. The summed E-state index contributed by atoms with van der Waals surface area (Å²) in [6.07, 6.45) is 3.75. The molecule has 0 radical (unpaired) electrons. The maximum absolute atomic E-state index is 11.8. The van der Waals surface area contributed by atoms with Crippen LogP contribution in [0.15, 0.2) is 17.3 Å². The lowest BCUT2D eigenvalue weighted by molar-refractivity contribution is -0.137. The Hall–Kier alpha value is -1.26. The molecule has 1 aromatic rings. The van der Waals surface area contributed by atoms with E-state index in [2.05, 4.69) is 9.82 Å². The number of sulfonamides is 1. The van der Waals surface area contributed by atoms with E-state index in [-0.39, 0.29) is 30.2 Å². The van der Waals surface area contributed by atoms with Crippen molar-refractivity contribution in [2.45, 2.75) is 17.9 Å². The van der Waals surface area contributed by atoms with E-state index >= 15 is 0 Å². The van der Waals surface area contributed by atoms with Crippen LogP contribution in [0.2, 0.25) is 0 Å². The highest BCUT2D eigenvalue weighted by atomic mass is 32.2. The van der Waals surface area contributed by atoms with E-state index in [1.165, 1.54) is 17.1 Å². The molecule has 1 atom stereocenters. The summed E-state index contributed by atoms with van der Waals surface area (Å²) >= 11 is 0. The SMILES string of the molecule is CS(=O)CCNS(=O)(=O)c1cnn(CCC(=O)O)c1. The number of aryl methyl sites for hydroxylation is 1. The number of carboxylic acids is 1. The zero-order chi connectivity index (χ0) is 14.5. The van der Waals surface area contributed by atoms with E-state index in [4.69, 9.17) is 5.11 Å². The molecule has 0 aliphatic rings. The summed E-state index contributed by atoms with van der Waals surface area (Å²) in [5, 5.41) is 12.3. The summed E-state index contributed by atoms with van der Waals surface area (Å²) in [6, 6.07) is 0. The summed E-state index contributed by atoms with van der Waals surface area (Å²) in [5.74, 6) is -0.754. The molecule has 2 N–H and O–H groups in total. The summed E-state index contributed by atoms with van der Waals surface area (Å²) in [5.41, 5.74) is 0. The van der Waals surface area contributed by atoms with Crippen molar-refractivity contribution in [2.24, 2.45) is 0 Å². The lowest BCUT2D eigenvalue weighted by Crippen LogP contribution is -2.27. The van der Waals surface area contributed by atoms with Gasteiger partial charge in [-0.1, -0.05) is 0 Å². The van der Waals surface area contributed by atoms with Gasteiger partial charge in [0.2, 0.25) is 10.0 Å². The number of rotatable bonds is 8. The molecule has 0 saturated carbocycles. The second kappa shape index (κ2) is 6.78. The van der Waals surface area contributed by atoms with E-state index < -0.39 is 26.8 Å². The van der Waals surface area contributed by atoms with Gasteiger partial charge in [-0.2, -0.15) is 5.10 Å². The van der Waals surface area contributed by atoms with Crippen LogP contribution >= 0.6 is 0 Å². The van der Waals surface area contributed by atoms with Gasteiger partial charge in [0.05, 0.1) is 19.2 Å². The average molecular weight is 309 g/mol. The van der Waals surface area contributed by atoms with Crippen molar-refractivity contribution in [3.05, 3.63) is 12.4 Å². The molecule has 10 heteroatoms. The van der Waals surface area contributed by atoms with Crippen LogP contribution in [0.25, 0.3) is 0 Å². The van der Waals surface area contributed by atoms with Crippen LogP contribution in [-0.4, -0.2) is 52.0 Å². The van der Waals surface area contributed by atoms with Gasteiger partial charge in [0.15, 0.2) is 0 Å². The minimum atomic E-state index is -3.69. The molecule has 0 bridgehead atoms. The van der Waals surface area contributed by atoms with Crippen molar-refractivity contribution in [3.8, 4) is 0 Å². The second-order valence-corrected chi connectivity index (χ2v) is 7.08. The summed E-state index contributed by atoms with van der Waals surface area (Å²) in [7, 11) is -4.76. The number of aromatic nitrogens is 2. The van der Waals surface area contributed by atoms with E-state index in [0.717, 1.165) is 6.20 Å². The summed E-state index contributed by atoms with van der Waals surface area (Å²) in [4.78, 5) is 10.3. The first-order valence-corrected chi connectivity index (χ1v) is 8.56. The third-order valence-corrected chi connectivity index (χ3v) is 4.35. The molecule has 8 nitrogen and oxygen atoms in total. The lowest BCUT2D eigenvalue weighted by atomic mass is 10.4. The summed E-state index contributed by atoms with van der Waals surface area (Å²) < 4.78 is 37.9. The predicted octanol–water partition coefficient (Wildman–Crippen LogP) is -0.985. The average Bonchev–Trinajstić information content (AvgIpc) is 2.74. The fraction of sp³-hybridized carbons (Fsp3) is 0.556. The number of hydrogen-bond acceptors (Lipinski definition) is 5. The highest BCUT2D eigenvalue weighted by molar-refractivity contribution is 7.89. The van der Waals surface area contributed by atoms with Crippen LogP contribution in [0.5, 0.6) is 0 Å². The highest BCUT2D eigenvalue weighted by Crippen LogP contribution is 2.07. The Balaban J connectivity index is 2.63. The third kappa shape index (κ3) is 5.49. The molecule has 19 heavy (non-hydrogen) atoms. The predicted molar refractivity (Wildman–Crippen MR) is 68.6 cm³/mol. The zero-order valence-electron chi connectivity index (χ0n) is 10.3. The monoisotopic (exact) mass is 309 g/mol. The number of nitrogens with one attached hydrogen (secondary N) is 1. The Morgan fingerprint density at radius 2 is 2.26 bits per heavy atom. The number of nitrogens with zero attached hydrogens (tertiary/aromatic N) is 2. The van der Waals surface area contributed by atoms with Crippen LogP contribution in [0.1, 0.15) is 6.42 Å². The molecule has 1 unspecified atom stereocenters. The number of carbonyl (C=O) groups is 1. The van der Waals surface area contributed by atoms with Gasteiger partial charge < -0.3 is 5.11 Å². The molecule has 0 saturated heterocycles. The minimum absolute atomic E-state index is 0.0419. The number of carboxylic acid groups (broad SMARTS) is 1. The molecule has 0 aliphatic carbocycles.